The zero-order valence-corrected chi connectivity index (χ0v) is 18.8. The van der Waals surface area contributed by atoms with Gasteiger partial charge in [-0.1, -0.05) is 0 Å². The van der Waals surface area contributed by atoms with Gasteiger partial charge in [-0.25, -0.2) is 18.6 Å². The number of benzene rings is 2. The standard InChI is InChI=1S/C21H25N3O7S/c1-4-30-18-11-7-17(8-12-18)24(32(3,27)28)14-20(25)23-22-13-16-5-9-19(10-6-16)31-15-21(26)29-2/h5-13H,4,14-15H2,1-3H3,(H,23,25)/b22-13-. The molecule has 11 heteroatoms. The number of ether oxygens (including phenoxy) is 3. The fourth-order valence-corrected chi connectivity index (χ4v) is 3.33. The number of esters is 1. The first-order valence-electron chi connectivity index (χ1n) is 9.55. The van der Waals surface area contributed by atoms with E-state index in [2.05, 4.69) is 15.3 Å². The van der Waals surface area contributed by atoms with Gasteiger partial charge in [0.1, 0.15) is 18.0 Å². The maximum absolute atomic E-state index is 12.2. The topological polar surface area (TPSA) is 124 Å². The summed E-state index contributed by atoms with van der Waals surface area (Å²) in [7, 11) is -2.43. The van der Waals surface area contributed by atoms with E-state index in [1.807, 2.05) is 6.92 Å². The number of amides is 1. The number of methoxy groups -OCH3 is 1. The van der Waals surface area contributed by atoms with E-state index in [0.29, 0.717) is 29.4 Å². The van der Waals surface area contributed by atoms with E-state index in [-0.39, 0.29) is 6.61 Å². The van der Waals surface area contributed by atoms with E-state index >= 15 is 0 Å². The number of hydrogen-bond acceptors (Lipinski definition) is 8. The number of hydrogen-bond donors (Lipinski definition) is 1. The average Bonchev–Trinajstić information content (AvgIpc) is 2.77. The fraction of sp³-hybridized carbons (Fsp3) is 0.286. The number of nitrogens with zero attached hydrogens (tertiary/aromatic N) is 2. The monoisotopic (exact) mass is 463 g/mol. The van der Waals surface area contributed by atoms with Gasteiger partial charge in [-0.05, 0) is 61.0 Å². The molecule has 0 atom stereocenters. The predicted octanol–water partition coefficient (Wildman–Crippen LogP) is 1.55. The van der Waals surface area contributed by atoms with Crippen molar-refractivity contribution in [3.05, 3.63) is 54.1 Å². The minimum absolute atomic E-state index is 0.203. The second-order valence-electron chi connectivity index (χ2n) is 6.42. The second-order valence-corrected chi connectivity index (χ2v) is 8.33. The predicted molar refractivity (Wildman–Crippen MR) is 119 cm³/mol. The summed E-state index contributed by atoms with van der Waals surface area (Å²) in [6.45, 7) is 1.68. The number of carbonyl (C=O) groups is 2. The first-order chi connectivity index (χ1) is 15.2. The Kier molecular flexibility index (Phi) is 9.02. The summed E-state index contributed by atoms with van der Waals surface area (Å²) >= 11 is 0. The SMILES string of the molecule is CCOc1ccc(N(CC(=O)N/N=C\c2ccc(OCC(=O)OC)cc2)S(C)(=O)=O)cc1. The van der Waals surface area contributed by atoms with Crippen LogP contribution in [-0.4, -0.2) is 59.6 Å². The molecule has 32 heavy (non-hydrogen) atoms. The normalized spacial score (nSPS) is 11.1. The molecule has 0 saturated carbocycles. The van der Waals surface area contributed by atoms with Crippen LogP contribution in [0.5, 0.6) is 11.5 Å². The van der Waals surface area contributed by atoms with Crippen molar-refractivity contribution in [1.82, 2.24) is 5.43 Å². The lowest BCUT2D eigenvalue weighted by atomic mass is 10.2. The van der Waals surface area contributed by atoms with Gasteiger partial charge in [-0.3, -0.25) is 9.10 Å². The summed E-state index contributed by atoms with van der Waals surface area (Å²) in [5.74, 6) is -0.0403. The van der Waals surface area contributed by atoms with Crippen molar-refractivity contribution < 1.29 is 32.2 Å². The van der Waals surface area contributed by atoms with E-state index in [1.165, 1.54) is 13.3 Å². The van der Waals surface area contributed by atoms with Crippen LogP contribution in [0.3, 0.4) is 0 Å². The summed E-state index contributed by atoms with van der Waals surface area (Å²) in [6, 6.07) is 13.0. The van der Waals surface area contributed by atoms with Crippen molar-refractivity contribution in [2.24, 2.45) is 5.10 Å². The molecule has 0 bridgehead atoms. The van der Waals surface area contributed by atoms with Gasteiger partial charge in [-0.2, -0.15) is 5.10 Å². The average molecular weight is 464 g/mol. The molecule has 2 aromatic rings. The van der Waals surface area contributed by atoms with Crippen molar-refractivity contribution >= 4 is 33.8 Å². The molecule has 1 amide bonds. The van der Waals surface area contributed by atoms with Crippen LogP contribution in [0.25, 0.3) is 0 Å². The van der Waals surface area contributed by atoms with Gasteiger partial charge < -0.3 is 14.2 Å². The second kappa shape index (κ2) is 11.7. The third kappa shape index (κ3) is 7.91. The molecule has 0 spiro atoms. The van der Waals surface area contributed by atoms with Crippen molar-refractivity contribution in [2.75, 3.05) is 37.4 Å². The van der Waals surface area contributed by atoms with E-state index in [9.17, 15) is 18.0 Å². The Morgan fingerprint density at radius 2 is 1.62 bits per heavy atom. The van der Waals surface area contributed by atoms with Gasteiger partial charge in [0.05, 0.1) is 31.9 Å². The van der Waals surface area contributed by atoms with Crippen LogP contribution in [0, 0.1) is 0 Å². The highest BCUT2D eigenvalue weighted by atomic mass is 32.2. The van der Waals surface area contributed by atoms with E-state index in [0.717, 1.165) is 10.6 Å². The first-order valence-corrected chi connectivity index (χ1v) is 11.4. The molecule has 0 radical (unpaired) electrons. The van der Waals surface area contributed by atoms with Crippen molar-refractivity contribution in [1.29, 1.82) is 0 Å². The molecule has 0 heterocycles. The molecule has 0 saturated heterocycles. The van der Waals surface area contributed by atoms with Crippen LogP contribution in [-0.2, 0) is 24.3 Å². The van der Waals surface area contributed by atoms with E-state index in [4.69, 9.17) is 9.47 Å². The summed E-state index contributed by atoms with van der Waals surface area (Å²) in [5, 5.41) is 3.84. The zero-order valence-electron chi connectivity index (χ0n) is 18.0. The molecule has 2 rings (SSSR count). The van der Waals surface area contributed by atoms with Gasteiger partial charge in [0.15, 0.2) is 6.61 Å². The summed E-state index contributed by atoms with van der Waals surface area (Å²) in [4.78, 5) is 23.3. The zero-order chi connectivity index (χ0) is 23.6. The lowest BCUT2D eigenvalue weighted by molar-refractivity contribution is -0.142. The summed E-state index contributed by atoms with van der Waals surface area (Å²) in [5.41, 5.74) is 3.29. The van der Waals surface area contributed by atoms with Gasteiger partial charge >= 0.3 is 5.97 Å². The van der Waals surface area contributed by atoms with Crippen LogP contribution >= 0.6 is 0 Å². The Morgan fingerprint density at radius 1 is 1.03 bits per heavy atom. The molecule has 0 aliphatic rings. The molecular weight excluding hydrogens is 438 g/mol. The number of sulfonamides is 1. The summed E-state index contributed by atoms with van der Waals surface area (Å²) < 4.78 is 40.4. The van der Waals surface area contributed by atoms with Crippen LogP contribution in [0.4, 0.5) is 5.69 Å². The van der Waals surface area contributed by atoms with Crippen LogP contribution in [0.1, 0.15) is 12.5 Å². The van der Waals surface area contributed by atoms with Gasteiger partial charge in [0.2, 0.25) is 10.0 Å². The minimum atomic E-state index is -3.70. The number of carbonyl (C=O) groups excluding carboxylic acids is 2. The molecule has 0 fully saturated rings. The molecule has 10 nitrogen and oxygen atoms in total. The minimum Gasteiger partial charge on any atom is -0.494 e. The molecule has 0 aliphatic carbocycles. The maximum Gasteiger partial charge on any atom is 0.343 e. The Morgan fingerprint density at radius 3 is 2.19 bits per heavy atom. The first kappa shape index (κ1) is 24.7. The Labute approximate surface area is 186 Å². The largest absolute Gasteiger partial charge is 0.494 e. The molecule has 0 unspecified atom stereocenters. The third-order valence-electron chi connectivity index (χ3n) is 3.99. The fourth-order valence-electron chi connectivity index (χ4n) is 2.47. The van der Waals surface area contributed by atoms with Crippen LogP contribution in [0.15, 0.2) is 53.6 Å². The Bertz CT molecular complexity index is 1040. The quantitative estimate of drug-likeness (QED) is 0.305. The van der Waals surface area contributed by atoms with E-state index < -0.39 is 28.4 Å². The highest BCUT2D eigenvalue weighted by molar-refractivity contribution is 7.92. The number of anilines is 1. The van der Waals surface area contributed by atoms with Gasteiger partial charge in [-0.15, -0.1) is 0 Å². The van der Waals surface area contributed by atoms with Crippen molar-refractivity contribution in [2.45, 2.75) is 6.92 Å². The highest BCUT2D eigenvalue weighted by Crippen LogP contribution is 2.21. The lowest BCUT2D eigenvalue weighted by Crippen LogP contribution is -2.39. The molecule has 0 aromatic heterocycles. The van der Waals surface area contributed by atoms with Crippen molar-refractivity contribution in [3.8, 4) is 11.5 Å². The van der Waals surface area contributed by atoms with Gasteiger partial charge in [0, 0.05) is 0 Å². The highest BCUT2D eigenvalue weighted by Gasteiger charge is 2.20. The smallest absolute Gasteiger partial charge is 0.343 e. The molecule has 2 aromatic carbocycles. The molecular formula is C21H25N3O7S. The van der Waals surface area contributed by atoms with Crippen molar-refractivity contribution in [3.63, 3.8) is 0 Å². The van der Waals surface area contributed by atoms with Crippen LogP contribution in [0.2, 0.25) is 0 Å². The third-order valence-corrected chi connectivity index (χ3v) is 5.13. The molecule has 0 aliphatic heterocycles. The molecule has 172 valence electrons. The number of rotatable bonds is 11. The molecule has 1 N–H and O–H groups in total. The van der Waals surface area contributed by atoms with E-state index in [1.54, 1.807) is 48.5 Å². The number of hydrazone groups is 1. The maximum atomic E-state index is 12.2. The van der Waals surface area contributed by atoms with Gasteiger partial charge in [0.25, 0.3) is 5.91 Å². The number of nitrogens with one attached hydrogen (secondary N) is 1. The lowest BCUT2D eigenvalue weighted by Gasteiger charge is -2.21. The Hall–Kier alpha value is -3.60. The summed E-state index contributed by atoms with van der Waals surface area (Å²) in [6.07, 6.45) is 2.41. The Balaban J connectivity index is 1.95. The van der Waals surface area contributed by atoms with Crippen LogP contribution < -0.4 is 19.2 Å².